The Morgan fingerprint density at radius 1 is 1.33 bits per heavy atom. The zero-order chi connectivity index (χ0) is 17.8. The number of amides is 1. The number of carbonyl (C=O) groups excluding carboxylic acids is 1. The summed E-state index contributed by atoms with van der Waals surface area (Å²) in [5, 5.41) is 6.21. The van der Waals surface area contributed by atoms with E-state index < -0.39 is 16.4 Å². The van der Waals surface area contributed by atoms with Crippen LogP contribution in [0.15, 0.2) is 24.3 Å². The number of ether oxygens (including phenoxy) is 1. The predicted octanol–water partition coefficient (Wildman–Crippen LogP) is 2.44. The summed E-state index contributed by atoms with van der Waals surface area (Å²) in [6, 6.07) is 7.57. The summed E-state index contributed by atoms with van der Waals surface area (Å²) in [6.07, 6.45) is 1.31. The molecule has 2 rings (SSSR count). The Hall–Kier alpha value is -1.24. The van der Waals surface area contributed by atoms with Crippen LogP contribution in [0.25, 0.3) is 0 Å². The van der Waals surface area contributed by atoms with E-state index in [0.29, 0.717) is 18.6 Å². The largest absolute Gasteiger partial charge is 0.368 e. The van der Waals surface area contributed by atoms with Crippen LogP contribution in [0.5, 0.6) is 0 Å². The fourth-order valence-electron chi connectivity index (χ4n) is 2.71. The number of piperidine rings is 1. The number of benzene rings is 1. The van der Waals surface area contributed by atoms with Crippen molar-refractivity contribution in [2.45, 2.75) is 49.7 Å². The zero-order valence-electron chi connectivity index (χ0n) is 15.0. The molecular formula is C18H28N2O3S. The van der Waals surface area contributed by atoms with Gasteiger partial charge in [0.05, 0.1) is 0 Å². The van der Waals surface area contributed by atoms with E-state index in [1.807, 2.05) is 45.0 Å². The summed E-state index contributed by atoms with van der Waals surface area (Å²) in [4.78, 5) is 12.7. The monoisotopic (exact) mass is 352 g/mol. The molecule has 134 valence electrons. The van der Waals surface area contributed by atoms with Gasteiger partial charge in [0, 0.05) is 34.1 Å². The van der Waals surface area contributed by atoms with Gasteiger partial charge in [-0.05, 0) is 64.4 Å². The lowest BCUT2D eigenvalue weighted by molar-refractivity contribution is -0.140. The first-order valence-corrected chi connectivity index (χ1v) is 9.63. The van der Waals surface area contributed by atoms with E-state index in [4.69, 9.17) is 4.74 Å². The minimum absolute atomic E-state index is 0.111. The number of hydrogen-bond donors (Lipinski definition) is 2. The summed E-state index contributed by atoms with van der Waals surface area (Å²) < 4.78 is 17.6. The van der Waals surface area contributed by atoms with E-state index in [9.17, 15) is 9.00 Å². The van der Waals surface area contributed by atoms with Crippen molar-refractivity contribution in [3.8, 4) is 0 Å². The fraction of sp³-hybridized carbons (Fsp3) is 0.611. The van der Waals surface area contributed by atoms with Gasteiger partial charge in [0.2, 0.25) is 0 Å². The second kappa shape index (κ2) is 7.76. The van der Waals surface area contributed by atoms with Crippen LogP contribution < -0.4 is 10.6 Å². The molecule has 1 amide bonds. The number of methoxy groups -OCH3 is 1. The first kappa shape index (κ1) is 19.1. The fourth-order valence-corrected chi connectivity index (χ4v) is 3.62. The van der Waals surface area contributed by atoms with Gasteiger partial charge < -0.3 is 15.4 Å². The summed E-state index contributed by atoms with van der Waals surface area (Å²) in [5.74, 6) is 0.368. The Morgan fingerprint density at radius 3 is 2.58 bits per heavy atom. The Kier molecular flexibility index (Phi) is 6.17. The van der Waals surface area contributed by atoms with Crippen LogP contribution in [0, 0.1) is 0 Å². The summed E-state index contributed by atoms with van der Waals surface area (Å²) >= 11 is 0. The van der Waals surface area contributed by atoms with Gasteiger partial charge in [-0.3, -0.25) is 9.00 Å². The van der Waals surface area contributed by atoms with Gasteiger partial charge in [0.15, 0.2) is 0 Å². The average Bonchev–Trinajstić information content (AvgIpc) is 2.55. The second-order valence-electron chi connectivity index (χ2n) is 7.21. The quantitative estimate of drug-likeness (QED) is 0.854. The maximum absolute atomic E-state index is 12.7. The van der Waals surface area contributed by atoms with Crippen molar-refractivity contribution in [3.05, 3.63) is 29.8 Å². The molecule has 1 saturated heterocycles. The van der Waals surface area contributed by atoms with Gasteiger partial charge in [0.1, 0.15) is 5.60 Å². The average molecular weight is 353 g/mol. The highest BCUT2D eigenvalue weighted by Gasteiger charge is 2.39. The molecule has 1 aromatic carbocycles. The van der Waals surface area contributed by atoms with E-state index in [2.05, 4.69) is 10.6 Å². The summed E-state index contributed by atoms with van der Waals surface area (Å²) in [7, 11) is 0.622. The third-order valence-corrected chi connectivity index (χ3v) is 6.34. The number of rotatable bonds is 5. The van der Waals surface area contributed by atoms with Crippen LogP contribution in [0.4, 0.5) is 5.69 Å². The molecule has 1 unspecified atom stereocenters. The van der Waals surface area contributed by atoms with Gasteiger partial charge in [-0.1, -0.05) is 12.1 Å². The van der Waals surface area contributed by atoms with Crippen LogP contribution in [-0.4, -0.2) is 40.7 Å². The molecule has 24 heavy (non-hydrogen) atoms. The van der Waals surface area contributed by atoms with Crippen LogP contribution in [-0.2, 0) is 26.1 Å². The van der Waals surface area contributed by atoms with Crippen LogP contribution in [0.2, 0.25) is 0 Å². The molecule has 0 aliphatic carbocycles. The molecule has 1 heterocycles. The molecular weight excluding hydrogens is 324 g/mol. The smallest absolute Gasteiger partial charge is 0.256 e. The van der Waals surface area contributed by atoms with Crippen molar-refractivity contribution in [2.24, 2.45) is 0 Å². The van der Waals surface area contributed by atoms with E-state index >= 15 is 0 Å². The molecule has 1 aliphatic rings. The molecule has 5 nitrogen and oxygen atoms in total. The van der Waals surface area contributed by atoms with Crippen molar-refractivity contribution in [2.75, 3.05) is 25.5 Å². The Bertz CT molecular complexity index is 605. The number of carbonyl (C=O) groups is 1. The van der Waals surface area contributed by atoms with Gasteiger partial charge in [0.25, 0.3) is 5.91 Å². The summed E-state index contributed by atoms with van der Waals surface area (Å²) in [5.41, 5.74) is 0.909. The topological polar surface area (TPSA) is 67.4 Å². The van der Waals surface area contributed by atoms with E-state index in [-0.39, 0.29) is 10.7 Å². The van der Waals surface area contributed by atoms with Crippen LogP contribution >= 0.6 is 0 Å². The Morgan fingerprint density at radius 2 is 2.00 bits per heavy atom. The highest BCUT2D eigenvalue weighted by molar-refractivity contribution is 7.85. The maximum atomic E-state index is 12.7. The lowest BCUT2D eigenvalue weighted by atomic mass is 9.91. The Balaban J connectivity index is 2.08. The van der Waals surface area contributed by atoms with E-state index in [0.717, 1.165) is 24.3 Å². The highest BCUT2D eigenvalue weighted by atomic mass is 32.2. The third-order valence-electron chi connectivity index (χ3n) is 4.38. The third kappa shape index (κ3) is 4.65. The van der Waals surface area contributed by atoms with Gasteiger partial charge in [-0.25, -0.2) is 0 Å². The SMILES string of the molecule is COC1(C(=O)Nc2cccc(CS(=O)C(C)(C)C)c2)CCNCC1. The predicted molar refractivity (Wildman–Crippen MR) is 98.5 cm³/mol. The van der Waals surface area contributed by atoms with E-state index in [1.165, 1.54) is 0 Å². The molecule has 0 saturated carbocycles. The molecule has 2 N–H and O–H groups in total. The van der Waals surface area contributed by atoms with Gasteiger partial charge in [-0.15, -0.1) is 0 Å². The molecule has 0 bridgehead atoms. The number of anilines is 1. The first-order valence-electron chi connectivity index (χ1n) is 8.32. The van der Waals surface area contributed by atoms with Crippen molar-refractivity contribution >= 4 is 22.4 Å². The molecule has 1 fully saturated rings. The van der Waals surface area contributed by atoms with Crippen LogP contribution in [0.1, 0.15) is 39.2 Å². The number of nitrogens with one attached hydrogen (secondary N) is 2. The molecule has 1 aromatic rings. The van der Waals surface area contributed by atoms with Crippen molar-refractivity contribution in [1.29, 1.82) is 0 Å². The van der Waals surface area contributed by atoms with E-state index in [1.54, 1.807) is 7.11 Å². The van der Waals surface area contributed by atoms with Crippen LogP contribution in [0.3, 0.4) is 0 Å². The molecule has 0 radical (unpaired) electrons. The molecule has 0 spiro atoms. The number of hydrogen-bond acceptors (Lipinski definition) is 4. The van der Waals surface area contributed by atoms with Crippen molar-refractivity contribution < 1.29 is 13.7 Å². The minimum atomic E-state index is -0.969. The lowest BCUT2D eigenvalue weighted by Gasteiger charge is -2.34. The van der Waals surface area contributed by atoms with Crippen molar-refractivity contribution in [1.82, 2.24) is 5.32 Å². The first-order chi connectivity index (χ1) is 11.3. The van der Waals surface area contributed by atoms with Gasteiger partial charge >= 0.3 is 0 Å². The minimum Gasteiger partial charge on any atom is -0.368 e. The van der Waals surface area contributed by atoms with Crippen molar-refractivity contribution in [3.63, 3.8) is 0 Å². The standard InChI is InChI=1S/C18H28N2O3S/c1-17(2,3)24(22)13-14-6-5-7-15(12-14)20-16(21)18(23-4)8-10-19-11-9-18/h5-7,12,19H,8-11,13H2,1-4H3,(H,20,21). The molecule has 1 aliphatic heterocycles. The molecule has 0 aromatic heterocycles. The second-order valence-corrected chi connectivity index (χ2v) is 9.41. The Labute approximate surface area is 147 Å². The summed E-state index contributed by atoms with van der Waals surface area (Å²) in [6.45, 7) is 7.44. The molecule has 6 heteroatoms. The zero-order valence-corrected chi connectivity index (χ0v) is 15.8. The normalized spacial score (nSPS) is 18.8. The lowest BCUT2D eigenvalue weighted by Crippen LogP contribution is -2.51. The molecule has 1 atom stereocenters. The maximum Gasteiger partial charge on any atom is 0.256 e. The highest BCUT2D eigenvalue weighted by Crippen LogP contribution is 2.25. The van der Waals surface area contributed by atoms with Gasteiger partial charge in [-0.2, -0.15) is 0 Å².